The zero-order chi connectivity index (χ0) is 18.1. The number of rotatable bonds is 3. The molecule has 0 bridgehead atoms. The Kier molecular flexibility index (Phi) is 4.48. The summed E-state index contributed by atoms with van der Waals surface area (Å²) in [6.07, 6.45) is 3.94. The van der Waals surface area contributed by atoms with Crippen LogP contribution in [0.25, 0.3) is 0 Å². The van der Waals surface area contributed by atoms with Crippen LogP contribution in [0, 0.1) is 13.8 Å². The lowest BCUT2D eigenvalue weighted by Crippen LogP contribution is -2.49. The Balaban J connectivity index is 1.45. The van der Waals surface area contributed by atoms with Crippen molar-refractivity contribution in [1.82, 2.24) is 20.0 Å². The first-order chi connectivity index (χ1) is 12.6. The number of hydrogen-bond donors (Lipinski definition) is 0. The molecule has 2 fully saturated rings. The second-order valence-electron chi connectivity index (χ2n) is 6.94. The van der Waals surface area contributed by atoms with Crippen LogP contribution < -0.4 is 9.80 Å². The van der Waals surface area contributed by atoms with Crippen LogP contribution in [-0.2, 0) is 0 Å². The minimum Gasteiger partial charge on any atom is -0.361 e. The van der Waals surface area contributed by atoms with Crippen LogP contribution in [0.3, 0.4) is 0 Å². The Morgan fingerprint density at radius 2 is 1.73 bits per heavy atom. The van der Waals surface area contributed by atoms with Crippen LogP contribution in [-0.4, -0.2) is 65.2 Å². The van der Waals surface area contributed by atoms with E-state index in [1.54, 1.807) is 6.92 Å². The maximum Gasteiger partial charge on any atom is 0.259 e. The molecule has 0 atom stereocenters. The van der Waals surface area contributed by atoms with Crippen molar-refractivity contribution in [3.8, 4) is 0 Å². The first kappa shape index (κ1) is 16.8. The summed E-state index contributed by atoms with van der Waals surface area (Å²) in [7, 11) is 0. The average molecular weight is 356 g/mol. The first-order valence-electron chi connectivity index (χ1n) is 9.18. The molecule has 2 aromatic rings. The van der Waals surface area contributed by atoms with Crippen molar-refractivity contribution in [2.24, 2.45) is 0 Å². The number of nitrogens with zero attached hydrogens (tertiary/aromatic N) is 6. The number of carbonyl (C=O) groups excluding carboxylic acids is 1. The number of aryl methyl sites for hydroxylation is 2. The Morgan fingerprint density at radius 1 is 1.00 bits per heavy atom. The van der Waals surface area contributed by atoms with Gasteiger partial charge in [0.05, 0.1) is 6.20 Å². The van der Waals surface area contributed by atoms with Crippen molar-refractivity contribution in [2.75, 3.05) is 49.1 Å². The Hall–Kier alpha value is -2.64. The zero-order valence-electron chi connectivity index (χ0n) is 15.3. The highest BCUT2D eigenvalue weighted by Gasteiger charge is 2.26. The van der Waals surface area contributed by atoms with Gasteiger partial charge in [0, 0.05) is 51.0 Å². The SMILES string of the molecule is Cc1cc(N2CCCC2)nc(N2CCN(C(=O)c3cnoc3C)CC2)n1. The molecule has 0 radical (unpaired) electrons. The van der Waals surface area contributed by atoms with Gasteiger partial charge in [-0.15, -0.1) is 0 Å². The Labute approximate surface area is 152 Å². The van der Waals surface area contributed by atoms with E-state index in [0.29, 0.717) is 24.4 Å². The van der Waals surface area contributed by atoms with Gasteiger partial charge < -0.3 is 19.2 Å². The lowest BCUT2D eigenvalue weighted by atomic mass is 10.2. The van der Waals surface area contributed by atoms with Crippen LogP contribution in [0.4, 0.5) is 11.8 Å². The molecule has 0 saturated carbocycles. The minimum atomic E-state index is -0.0219. The number of aromatic nitrogens is 3. The highest BCUT2D eigenvalue weighted by Crippen LogP contribution is 2.22. The van der Waals surface area contributed by atoms with E-state index in [1.807, 2.05) is 11.8 Å². The van der Waals surface area contributed by atoms with Crippen LogP contribution >= 0.6 is 0 Å². The van der Waals surface area contributed by atoms with Crippen LogP contribution in [0.5, 0.6) is 0 Å². The van der Waals surface area contributed by atoms with Crippen molar-refractivity contribution >= 4 is 17.7 Å². The highest BCUT2D eigenvalue weighted by molar-refractivity contribution is 5.94. The summed E-state index contributed by atoms with van der Waals surface area (Å²) < 4.78 is 5.01. The summed E-state index contributed by atoms with van der Waals surface area (Å²) in [4.78, 5) is 28.3. The fraction of sp³-hybridized carbons (Fsp3) is 0.556. The maximum atomic E-state index is 12.6. The second-order valence-corrected chi connectivity index (χ2v) is 6.94. The molecule has 0 N–H and O–H groups in total. The fourth-order valence-electron chi connectivity index (χ4n) is 3.57. The molecule has 0 spiro atoms. The third-order valence-electron chi connectivity index (χ3n) is 5.09. The molecule has 2 saturated heterocycles. The Bertz CT molecular complexity index is 791. The first-order valence-corrected chi connectivity index (χ1v) is 9.18. The van der Waals surface area contributed by atoms with E-state index in [4.69, 9.17) is 9.51 Å². The smallest absolute Gasteiger partial charge is 0.259 e. The molecule has 4 rings (SSSR count). The average Bonchev–Trinajstić information content (AvgIpc) is 3.32. The molecule has 8 nitrogen and oxygen atoms in total. The van der Waals surface area contributed by atoms with Gasteiger partial charge in [0.25, 0.3) is 5.91 Å². The Morgan fingerprint density at radius 3 is 2.38 bits per heavy atom. The molecule has 0 aliphatic carbocycles. The van der Waals surface area contributed by atoms with Gasteiger partial charge in [0.15, 0.2) is 0 Å². The maximum absolute atomic E-state index is 12.6. The summed E-state index contributed by atoms with van der Waals surface area (Å²) in [6, 6.07) is 2.06. The number of carbonyl (C=O) groups is 1. The molecular weight excluding hydrogens is 332 g/mol. The van der Waals surface area contributed by atoms with Gasteiger partial charge in [-0.2, -0.15) is 4.98 Å². The van der Waals surface area contributed by atoms with E-state index in [-0.39, 0.29) is 5.91 Å². The second kappa shape index (κ2) is 6.93. The summed E-state index contributed by atoms with van der Waals surface area (Å²) >= 11 is 0. The predicted octanol–water partition coefficient (Wildman–Crippen LogP) is 1.64. The third-order valence-corrected chi connectivity index (χ3v) is 5.09. The molecule has 0 unspecified atom stereocenters. The molecule has 1 amide bonds. The number of hydrogen-bond acceptors (Lipinski definition) is 7. The standard InChI is InChI=1S/C18H24N6O2/c1-13-11-16(22-5-3-4-6-22)21-18(20-13)24-9-7-23(8-10-24)17(25)15-12-19-26-14(15)2/h11-12H,3-10H2,1-2H3. The molecule has 8 heteroatoms. The van der Waals surface area contributed by atoms with E-state index in [1.165, 1.54) is 19.0 Å². The lowest BCUT2D eigenvalue weighted by molar-refractivity contribution is 0.0744. The number of amides is 1. The predicted molar refractivity (Wildman–Crippen MR) is 97.6 cm³/mol. The molecule has 2 aromatic heterocycles. The molecule has 138 valence electrons. The summed E-state index contributed by atoms with van der Waals surface area (Å²) in [5, 5.41) is 3.70. The van der Waals surface area contributed by atoms with E-state index >= 15 is 0 Å². The van der Waals surface area contributed by atoms with Gasteiger partial charge in [0.2, 0.25) is 5.95 Å². The molecular formula is C18H24N6O2. The highest BCUT2D eigenvalue weighted by atomic mass is 16.5. The van der Waals surface area contributed by atoms with Crippen LogP contribution in [0.2, 0.25) is 0 Å². The molecule has 26 heavy (non-hydrogen) atoms. The largest absolute Gasteiger partial charge is 0.361 e. The van der Waals surface area contributed by atoms with Crippen molar-refractivity contribution < 1.29 is 9.32 Å². The summed E-state index contributed by atoms with van der Waals surface area (Å²) in [5.74, 6) is 2.32. The molecule has 4 heterocycles. The molecule has 0 aromatic carbocycles. The topological polar surface area (TPSA) is 78.6 Å². The van der Waals surface area contributed by atoms with Gasteiger partial charge in [-0.3, -0.25) is 4.79 Å². The van der Waals surface area contributed by atoms with E-state index < -0.39 is 0 Å². The van der Waals surface area contributed by atoms with Gasteiger partial charge in [-0.05, 0) is 26.7 Å². The van der Waals surface area contributed by atoms with Gasteiger partial charge in [0.1, 0.15) is 17.1 Å². The zero-order valence-corrected chi connectivity index (χ0v) is 15.3. The van der Waals surface area contributed by atoms with E-state index in [0.717, 1.165) is 43.6 Å². The monoisotopic (exact) mass is 356 g/mol. The van der Waals surface area contributed by atoms with Crippen LogP contribution in [0.1, 0.15) is 34.7 Å². The van der Waals surface area contributed by atoms with Crippen molar-refractivity contribution in [3.05, 3.63) is 29.3 Å². The normalized spacial score (nSPS) is 17.8. The van der Waals surface area contributed by atoms with Gasteiger partial charge in [-0.25, -0.2) is 4.98 Å². The lowest BCUT2D eigenvalue weighted by Gasteiger charge is -2.35. The summed E-state index contributed by atoms with van der Waals surface area (Å²) in [5.41, 5.74) is 1.53. The van der Waals surface area contributed by atoms with Crippen molar-refractivity contribution in [3.63, 3.8) is 0 Å². The minimum absolute atomic E-state index is 0.0219. The fourth-order valence-corrected chi connectivity index (χ4v) is 3.57. The quantitative estimate of drug-likeness (QED) is 0.827. The molecule has 2 aliphatic heterocycles. The van der Waals surface area contributed by atoms with Gasteiger partial charge in [-0.1, -0.05) is 5.16 Å². The van der Waals surface area contributed by atoms with Crippen LogP contribution in [0.15, 0.2) is 16.8 Å². The van der Waals surface area contributed by atoms with Crippen molar-refractivity contribution in [1.29, 1.82) is 0 Å². The molecule has 2 aliphatic rings. The summed E-state index contributed by atoms with van der Waals surface area (Å²) in [6.45, 7) is 8.63. The number of piperazine rings is 1. The third kappa shape index (κ3) is 3.23. The van der Waals surface area contributed by atoms with E-state index in [2.05, 4.69) is 26.0 Å². The van der Waals surface area contributed by atoms with Crippen molar-refractivity contribution in [2.45, 2.75) is 26.7 Å². The number of anilines is 2. The van der Waals surface area contributed by atoms with Gasteiger partial charge >= 0.3 is 0 Å². The van der Waals surface area contributed by atoms with E-state index in [9.17, 15) is 4.79 Å².